The molecular formula is C13H20N2O2S. The Morgan fingerprint density at radius 2 is 2.22 bits per heavy atom. The topological polar surface area (TPSA) is 55.1 Å². The van der Waals surface area contributed by atoms with Gasteiger partial charge in [0.05, 0.1) is 5.75 Å². The minimum atomic E-state index is -0.793. The molecule has 5 heteroatoms. The molecule has 0 aromatic carbocycles. The molecule has 4 nitrogen and oxygen atoms in total. The molecule has 0 aliphatic heterocycles. The summed E-state index contributed by atoms with van der Waals surface area (Å²) in [5, 5.41) is 9.54. The number of carboxylic acid groups (broad SMARTS) is 1. The zero-order chi connectivity index (χ0) is 13.0. The van der Waals surface area contributed by atoms with Gasteiger partial charge in [-0.15, -0.1) is 0 Å². The van der Waals surface area contributed by atoms with Crippen LogP contribution in [-0.4, -0.2) is 26.4 Å². The molecule has 1 saturated carbocycles. The van der Waals surface area contributed by atoms with Crippen LogP contribution in [0.2, 0.25) is 0 Å². The van der Waals surface area contributed by atoms with E-state index in [4.69, 9.17) is 5.11 Å². The second-order valence-electron chi connectivity index (χ2n) is 5.39. The molecule has 2 rings (SSSR count). The van der Waals surface area contributed by atoms with E-state index in [1.807, 2.05) is 6.20 Å². The first-order chi connectivity index (χ1) is 8.59. The summed E-state index contributed by atoms with van der Waals surface area (Å²) in [7, 11) is 0. The van der Waals surface area contributed by atoms with Gasteiger partial charge in [-0.05, 0) is 18.3 Å². The van der Waals surface area contributed by atoms with Gasteiger partial charge < -0.3 is 9.67 Å². The number of hydrogen-bond donors (Lipinski definition) is 1. The number of carboxylic acids is 1. The summed E-state index contributed by atoms with van der Waals surface area (Å²) in [4.78, 5) is 14.8. The molecule has 1 N–H and O–H groups in total. The van der Waals surface area contributed by atoms with Crippen molar-refractivity contribution in [1.82, 2.24) is 9.55 Å². The minimum Gasteiger partial charge on any atom is -0.481 e. The third kappa shape index (κ3) is 3.51. The minimum absolute atomic E-state index is 0.0771. The number of hydrogen-bond acceptors (Lipinski definition) is 3. The lowest BCUT2D eigenvalue weighted by atomic mass is 9.76. The number of aromatic nitrogens is 2. The molecule has 1 aliphatic carbocycles. The predicted molar refractivity (Wildman–Crippen MR) is 71.8 cm³/mol. The molecule has 0 spiro atoms. The predicted octanol–water partition coefficient (Wildman–Crippen LogP) is 3.03. The maximum Gasteiger partial charge on any atom is 0.313 e. The Labute approximate surface area is 112 Å². The van der Waals surface area contributed by atoms with Crippen LogP contribution in [0.1, 0.15) is 39.0 Å². The quantitative estimate of drug-likeness (QED) is 0.834. The fourth-order valence-electron chi connectivity index (χ4n) is 2.66. The first kappa shape index (κ1) is 13.5. The van der Waals surface area contributed by atoms with Gasteiger partial charge in [0.25, 0.3) is 0 Å². The third-order valence-corrected chi connectivity index (χ3v) is 4.60. The second-order valence-corrected chi connectivity index (χ2v) is 6.33. The number of imidazole rings is 1. The van der Waals surface area contributed by atoms with Crippen molar-refractivity contribution in [2.75, 3.05) is 5.75 Å². The molecule has 1 fully saturated rings. The highest BCUT2D eigenvalue weighted by Crippen LogP contribution is 2.37. The molecule has 1 heterocycles. The van der Waals surface area contributed by atoms with E-state index >= 15 is 0 Å². The number of thioether (sulfide) groups is 1. The van der Waals surface area contributed by atoms with Crippen molar-refractivity contribution in [3.05, 3.63) is 12.4 Å². The van der Waals surface area contributed by atoms with Crippen LogP contribution in [0, 0.1) is 5.41 Å². The van der Waals surface area contributed by atoms with Gasteiger partial charge in [-0.1, -0.05) is 37.9 Å². The Morgan fingerprint density at radius 3 is 2.89 bits per heavy atom. The van der Waals surface area contributed by atoms with E-state index in [0.29, 0.717) is 5.41 Å². The van der Waals surface area contributed by atoms with Gasteiger partial charge in [-0.25, -0.2) is 4.98 Å². The average molecular weight is 268 g/mol. The smallest absolute Gasteiger partial charge is 0.313 e. The van der Waals surface area contributed by atoms with Crippen LogP contribution in [0.5, 0.6) is 0 Å². The van der Waals surface area contributed by atoms with Gasteiger partial charge >= 0.3 is 5.97 Å². The maximum atomic E-state index is 10.6. The lowest BCUT2D eigenvalue weighted by Crippen LogP contribution is -2.26. The Balaban J connectivity index is 2.00. The van der Waals surface area contributed by atoms with Gasteiger partial charge in [0.15, 0.2) is 5.16 Å². The first-order valence-electron chi connectivity index (χ1n) is 6.45. The van der Waals surface area contributed by atoms with Crippen molar-refractivity contribution < 1.29 is 9.90 Å². The third-order valence-electron chi connectivity index (χ3n) is 3.61. The van der Waals surface area contributed by atoms with Gasteiger partial charge in [0.2, 0.25) is 0 Å². The van der Waals surface area contributed by atoms with Crippen LogP contribution in [-0.2, 0) is 11.3 Å². The van der Waals surface area contributed by atoms with E-state index < -0.39 is 5.97 Å². The van der Waals surface area contributed by atoms with Crippen LogP contribution in [0.15, 0.2) is 17.6 Å². The van der Waals surface area contributed by atoms with Crippen molar-refractivity contribution in [1.29, 1.82) is 0 Å². The summed E-state index contributed by atoms with van der Waals surface area (Å²) >= 11 is 1.30. The number of nitrogens with zero attached hydrogens (tertiary/aromatic N) is 2. The lowest BCUT2D eigenvalue weighted by molar-refractivity contribution is -0.133. The highest BCUT2D eigenvalue weighted by Gasteiger charge is 2.27. The van der Waals surface area contributed by atoms with E-state index in [1.54, 1.807) is 6.20 Å². The maximum absolute atomic E-state index is 10.6. The zero-order valence-corrected chi connectivity index (χ0v) is 11.6. The lowest BCUT2D eigenvalue weighted by Gasteiger charge is -2.34. The van der Waals surface area contributed by atoms with Gasteiger partial charge in [0, 0.05) is 18.9 Å². The summed E-state index contributed by atoms with van der Waals surface area (Å²) in [6, 6.07) is 0. The standard InChI is InChI=1S/C13H20N2O2S/c1-13(5-3-2-4-6-13)10-15-8-7-14-12(15)18-9-11(16)17/h7-8H,2-6,9-10H2,1H3,(H,16,17). The molecule has 1 aromatic rings. The monoisotopic (exact) mass is 268 g/mol. The van der Waals surface area contributed by atoms with Crippen molar-refractivity contribution >= 4 is 17.7 Å². The summed E-state index contributed by atoms with van der Waals surface area (Å²) in [6.07, 6.45) is 10.2. The van der Waals surface area contributed by atoms with E-state index in [2.05, 4.69) is 16.5 Å². The van der Waals surface area contributed by atoms with Crippen molar-refractivity contribution in [3.63, 3.8) is 0 Å². The Morgan fingerprint density at radius 1 is 1.50 bits per heavy atom. The molecule has 100 valence electrons. The first-order valence-corrected chi connectivity index (χ1v) is 7.43. The van der Waals surface area contributed by atoms with Crippen LogP contribution in [0.25, 0.3) is 0 Å². The van der Waals surface area contributed by atoms with Crippen molar-refractivity contribution in [3.8, 4) is 0 Å². The van der Waals surface area contributed by atoms with Crippen LogP contribution in [0.4, 0.5) is 0 Å². The zero-order valence-electron chi connectivity index (χ0n) is 10.8. The number of aliphatic carboxylic acids is 1. The van der Waals surface area contributed by atoms with E-state index in [9.17, 15) is 4.79 Å². The van der Waals surface area contributed by atoms with E-state index in [-0.39, 0.29) is 5.75 Å². The van der Waals surface area contributed by atoms with E-state index in [1.165, 1.54) is 43.9 Å². The highest BCUT2D eigenvalue weighted by molar-refractivity contribution is 7.99. The number of rotatable bonds is 5. The van der Waals surface area contributed by atoms with Gasteiger partial charge in [-0.2, -0.15) is 0 Å². The summed E-state index contributed by atoms with van der Waals surface area (Å²) in [6.45, 7) is 3.28. The fourth-order valence-corrected chi connectivity index (χ4v) is 3.34. The molecule has 0 radical (unpaired) electrons. The SMILES string of the molecule is CC1(Cn2ccnc2SCC(=O)O)CCCCC1. The van der Waals surface area contributed by atoms with E-state index in [0.717, 1.165) is 11.7 Å². The van der Waals surface area contributed by atoms with Gasteiger partial charge in [0.1, 0.15) is 0 Å². The Bertz CT molecular complexity index is 411. The van der Waals surface area contributed by atoms with Gasteiger partial charge in [-0.3, -0.25) is 4.79 Å². The summed E-state index contributed by atoms with van der Waals surface area (Å²) < 4.78 is 2.11. The Kier molecular flexibility index (Phi) is 4.32. The van der Waals surface area contributed by atoms with Crippen LogP contribution in [0.3, 0.4) is 0 Å². The second kappa shape index (κ2) is 5.78. The molecule has 0 amide bonds. The van der Waals surface area contributed by atoms with Crippen molar-refractivity contribution in [2.24, 2.45) is 5.41 Å². The largest absolute Gasteiger partial charge is 0.481 e. The normalized spacial score (nSPS) is 18.7. The Hall–Kier alpha value is -0.970. The van der Waals surface area contributed by atoms with Crippen LogP contribution < -0.4 is 0 Å². The fraction of sp³-hybridized carbons (Fsp3) is 0.692. The molecule has 1 aromatic heterocycles. The molecule has 0 unspecified atom stereocenters. The average Bonchev–Trinajstić information content (AvgIpc) is 2.74. The molecule has 0 atom stereocenters. The van der Waals surface area contributed by atoms with Crippen LogP contribution >= 0.6 is 11.8 Å². The molecule has 0 bridgehead atoms. The molecule has 1 aliphatic rings. The molecular weight excluding hydrogens is 248 g/mol. The van der Waals surface area contributed by atoms with Crippen molar-refractivity contribution in [2.45, 2.75) is 50.7 Å². The summed E-state index contributed by atoms with van der Waals surface area (Å²) in [5.74, 6) is -0.716. The summed E-state index contributed by atoms with van der Waals surface area (Å²) in [5.41, 5.74) is 0.345. The molecule has 18 heavy (non-hydrogen) atoms. The number of carbonyl (C=O) groups is 1. The molecule has 0 saturated heterocycles. The highest BCUT2D eigenvalue weighted by atomic mass is 32.2.